The van der Waals surface area contributed by atoms with Crippen LogP contribution in [0.4, 0.5) is 8.78 Å². The van der Waals surface area contributed by atoms with Crippen LogP contribution >= 0.6 is 38.5 Å². The van der Waals surface area contributed by atoms with Crippen LogP contribution in [0.25, 0.3) is 0 Å². The minimum Gasteiger partial charge on any atom is -0.481 e. The lowest BCUT2D eigenvalue weighted by Crippen LogP contribution is -2.06. The van der Waals surface area contributed by atoms with Crippen molar-refractivity contribution in [1.82, 2.24) is 4.98 Å². The number of pyridine rings is 1. The molecule has 0 aliphatic carbocycles. The molecule has 0 aliphatic heterocycles. The van der Waals surface area contributed by atoms with E-state index in [-0.39, 0.29) is 16.7 Å². The van der Waals surface area contributed by atoms with Crippen LogP contribution in [0.15, 0.2) is 10.7 Å². The summed E-state index contributed by atoms with van der Waals surface area (Å²) in [6.07, 6.45) is -2.90. The van der Waals surface area contributed by atoms with Gasteiger partial charge in [0, 0.05) is 9.13 Å². The second kappa shape index (κ2) is 5.15. The van der Waals surface area contributed by atoms with Gasteiger partial charge in [-0.3, -0.25) is 4.79 Å². The van der Waals surface area contributed by atoms with Crippen LogP contribution in [-0.2, 0) is 11.2 Å². The van der Waals surface area contributed by atoms with Crippen molar-refractivity contribution in [2.24, 2.45) is 0 Å². The van der Waals surface area contributed by atoms with Crippen molar-refractivity contribution in [3.63, 3.8) is 0 Å². The van der Waals surface area contributed by atoms with Crippen LogP contribution in [0, 0.1) is 3.57 Å². The molecular formula is C8H5BrF2INO2. The molecule has 0 saturated carbocycles. The van der Waals surface area contributed by atoms with E-state index in [1.54, 1.807) is 0 Å². The maximum Gasteiger partial charge on any atom is 0.307 e. The van der Waals surface area contributed by atoms with Crippen molar-refractivity contribution in [1.29, 1.82) is 0 Å². The van der Waals surface area contributed by atoms with Crippen molar-refractivity contribution in [3.8, 4) is 0 Å². The highest BCUT2D eigenvalue weighted by molar-refractivity contribution is 14.1. The molecule has 0 fully saturated rings. The van der Waals surface area contributed by atoms with Gasteiger partial charge in [0.05, 0.1) is 6.42 Å². The molecule has 0 radical (unpaired) electrons. The summed E-state index contributed by atoms with van der Waals surface area (Å²) < 4.78 is 25.3. The largest absolute Gasteiger partial charge is 0.481 e. The molecule has 0 amide bonds. The van der Waals surface area contributed by atoms with Crippen molar-refractivity contribution in [2.75, 3.05) is 0 Å². The Labute approximate surface area is 106 Å². The Morgan fingerprint density at radius 1 is 1.67 bits per heavy atom. The number of hydrogen-bond acceptors (Lipinski definition) is 2. The minimum absolute atomic E-state index is 0.159. The first-order valence-electron chi connectivity index (χ1n) is 3.76. The van der Waals surface area contributed by atoms with Gasteiger partial charge in [-0.2, -0.15) is 0 Å². The Hall–Kier alpha value is -0.310. The number of carboxylic acid groups (broad SMARTS) is 1. The number of carbonyl (C=O) groups is 1. The number of aliphatic carboxylic acids is 1. The summed E-state index contributed by atoms with van der Waals surface area (Å²) >= 11 is 4.79. The molecule has 0 aromatic carbocycles. The topological polar surface area (TPSA) is 50.2 Å². The summed E-state index contributed by atoms with van der Waals surface area (Å²) in [5.74, 6) is -1.03. The highest BCUT2D eigenvalue weighted by Crippen LogP contribution is 2.26. The second-order valence-corrected chi connectivity index (χ2v) is 4.58. The molecule has 0 unspecified atom stereocenters. The van der Waals surface area contributed by atoms with E-state index in [1.807, 2.05) is 22.6 Å². The lowest BCUT2D eigenvalue weighted by molar-refractivity contribution is -0.136. The average molecular weight is 392 g/mol. The molecule has 0 aliphatic rings. The van der Waals surface area contributed by atoms with Crippen LogP contribution in [0.2, 0.25) is 0 Å². The minimum atomic E-state index is -2.66. The van der Waals surface area contributed by atoms with Gasteiger partial charge in [0.25, 0.3) is 6.43 Å². The highest BCUT2D eigenvalue weighted by atomic mass is 127. The Kier molecular flexibility index (Phi) is 4.38. The average Bonchev–Trinajstić information content (AvgIpc) is 2.10. The summed E-state index contributed by atoms with van der Waals surface area (Å²) in [6, 6.07) is 1.19. The van der Waals surface area contributed by atoms with E-state index in [9.17, 15) is 13.6 Å². The molecule has 0 spiro atoms. The zero-order valence-electron chi connectivity index (χ0n) is 7.18. The van der Waals surface area contributed by atoms with Crippen molar-refractivity contribution >= 4 is 44.5 Å². The summed E-state index contributed by atoms with van der Waals surface area (Å²) in [5, 5.41) is 8.59. The van der Waals surface area contributed by atoms with E-state index in [4.69, 9.17) is 5.11 Å². The zero-order valence-corrected chi connectivity index (χ0v) is 10.9. The standard InChI is InChI=1S/C8H5BrF2INO2/c9-7-3(1-6(14)15)4(12)2-5(13-7)8(10)11/h2,8H,1H2,(H,14,15). The monoisotopic (exact) mass is 391 g/mol. The third kappa shape index (κ3) is 3.33. The molecule has 1 aromatic rings. The molecular weight excluding hydrogens is 387 g/mol. The fourth-order valence-electron chi connectivity index (χ4n) is 0.949. The van der Waals surface area contributed by atoms with Gasteiger partial charge < -0.3 is 5.11 Å². The van der Waals surface area contributed by atoms with Gasteiger partial charge in [-0.1, -0.05) is 0 Å². The molecule has 0 bridgehead atoms. The van der Waals surface area contributed by atoms with Gasteiger partial charge in [-0.05, 0) is 44.6 Å². The van der Waals surface area contributed by atoms with Gasteiger partial charge in [-0.25, -0.2) is 13.8 Å². The van der Waals surface area contributed by atoms with Crippen LogP contribution in [0.3, 0.4) is 0 Å². The van der Waals surface area contributed by atoms with Crippen LogP contribution in [0.1, 0.15) is 17.7 Å². The number of rotatable bonds is 3. The van der Waals surface area contributed by atoms with Crippen molar-refractivity contribution in [2.45, 2.75) is 12.8 Å². The maximum atomic E-state index is 12.3. The highest BCUT2D eigenvalue weighted by Gasteiger charge is 2.16. The Bertz CT molecular complexity index is 377. The Morgan fingerprint density at radius 3 is 2.67 bits per heavy atom. The van der Waals surface area contributed by atoms with E-state index >= 15 is 0 Å². The maximum absolute atomic E-state index is 12.3. The van der Waals surface area contributed by atoms with E-state index in [2.05, 4.69) is 20.9 Å². The van der Waals surface area contributed by atoms with Gasteiger partial charge >= 0.3 is 5.97 Å². The fourth-order valence-corrected chi connectivity index (χ4v) is 2.64. The van der Waals surface area contributed by atoms with E-state index < -0.39 is 12.4 Å². The molecule has 1 heterocycles. The summed E-state index contributed by atoms with van der Waals surface area (Å²) in [7, 11) is 0. The Balaban J connectivity index is 3.15. The van der Waals surface area contributed by atoms with Gasteiger partial charge in [0.15, 0.2) is 0 Å². The predicted molar refractivity (Wildman–Crippen MR) is 61.0 cm³/mol. The third-order valence-electron chi connectivity index (χ3n) is 1.59. The molecule has 0 atom stereocenters. The molecule has 0 saturated heterocycles. The number of carboxylic acids is 1. The number of halogens is 4. The quantitative estimate of drug-likeness (QED) is 0.636. The SMILES string of the molecule is O=C(O)Cc1c(I)cc(C(F)F)nc1Br. The van der Waals surface area contributed by atoms with Crippen LogP contribution < -0.4 is 0 Å². The number of alkyl halides is 2. The first-order valence-corrected chi connectivity index (χ1v) is 5.63. The smallest absolute Gasteiger partial charge is 0.307 e. The number of aromatic nitrogens is 1. The summed E-state index contributed by atoms with van der Waals surface area (Å²) in [4.78, 5) is 14.1. The third-order valence-corrected chi connectivity index (χ3v) is 3.21. The van der Waals surface area contributed by atoms with Crippen molar-refractivity contribution in [3.05, 3.63) is 25.5 Å². The molecule has 1 rings (SSSR count). The lowest BCUT2D eigenvalue weighted by atomic mass is 10.2. The van der Waals surface area contributed by atoms with Crippen LogP contribution in [0.5, 0.6) is 0 Å². The number of hydrogen-bond donors (Lipinski definition) is 1. The normalized spacial score (nSPS) is 10.7. The van der Waals surface area contributed by atoms with Gasteiger partial charge in [-0.15, -0.1) is 0 Å². The first-order chi connectivity index (χ1) is 6.91. The first kappa shape index (κ1) is 12.8. The molecule has 82 valence electrons. The molecule has 7 heteroatoms. The zero-order chi connectivity index (χ0) is 11.6. The Morgan fingerprint density at radius 2 is 2.27 bits per heavy atom. The number of nitrogens with zero attached hydrogens (tertiary/aromatic N) is 1. The van der Waals surface area contributed by atoms with Crippen molar-refractivity contribution < 1.29 is 18.7 Å². The lowest BCUT2D eigenvalue weighted by Gasteiger charge is -2.07. The van der Waals surface area contributed by atoms with Gasteiger partial charge in [0.2, 0.25) is 0 Å². The molecule has 1 aromatic heterocycles. The fraction of sp³-hybridized carbons (Fsp3) is 0.250. The van der Waals surface area contributed by atoms with E-state index in [0.717, 1.165) is 0 Å². The molecule has 3 nitrogen and oxygen atoms in total. The molecule has 15 heavy (non-hydrogen) atoms. The van der Waals surface area contributed by atoms with Crippen LogP contribution in [-0.4, -0.2) is 16.1 Å². The molecule has 1 N–H and O–H groups in total. The summed E-state index contributed by atoms with van der Waals surface area (Å²) in [5.41, 5.74) is 0.0490. The predicted octanol–water partition coefficient (Wildman–Crippen LogP) is 3.01. The summed E-state index contributed by atoms with van der Waals surface area (Å²) in [6.45, 7) is 0. The van der Waals surface area contributed by atoms with E-state index in [0.29, 0.717) is 9.13 Å². The van der Waals surface area contributed by atoms with Gasteiger partial charge in [0.1, 0.15) is 10.3 Å². The second-order valence-electron chi connectivity index (χ2n) is 2.67. The van der Waals surface area contributed by atoms with E-state index in [1.165, 1.54) is 6.07 Å².